The summed E-state index contributed by atoms with van der Waals surface area (Å²) < 4.78 is 0. The second-order valence-corrected chi connectivity index (χ2v) is 7.38. The lowest BCUT2D eigenvalue weighted by atomic mass is 10.1. The molecule has 0 saturated heterocycles. The molecular weight excluding hydrogens is 346 g/mol. The molecule has 4 rings (SSSR count). The molecule has 5 heteroatoms. The van der Waals surface area contributed by atoms with Crippen molar-refractivity contribution < 1.29 is 4.79 Å². The van der Waals surface area contributed by atoms with Crippen LogP contribution < -0.4 is 0 Å². The van der Waals surface area contributed by atoms with Gasteiger partial charge in [-0.1, -0.05) is 41.9 Å². The standard InChI is InChI=1S/C21H20ClN3O/c1-13-16-8-3-4-9-19(16)24-20(23-13)12-25(2)21(26)18-11-17(18)14-6-5-7-15(22)10-14/h3-10,17-18H,11-12H2,1-2H3. The van der Waals surface area contributed by atoms with Crippen LogP contribution in [0.15, 0.2) is 48.5 Å². The van der Waals surface area contributed by atoms with Gasteiger partial charge in [0, 0.05) is 29.1 Å². The van der Waals surface area contributed by atoms with Gasteiger partial charge in [0.2, 0.25) is 5.91 Å². The van der Waals surface area contributed by atoms with E-state index in [1.54, 1.807) is 4.90 Å². The molecule has 1 amide bonds. The molecule has 1 fully saturated rings. The number of nitrogens with zero attached hydrogens (tertiary/aromatic N) is 3. The van der Waals surface area contributed by atoms with Crippen LogP contribution in [0.2, 0.25) is 5.02 Å². The number of para-hydroxylation sites is 1. The second kappa shape index (κ2) is 6.69. The number of halogens is 1. The lowest BCUT2D eigenvalue weighted by Gasteiger charge is -2.17. The van der Waals surface area contributed by atoms with Crippen molar-refractivity contribution in [2.24, 2.45) is 5.92 Å². The largest absolute Gasteiger partial charge is 0.338 e. The summed E-state index contributed by atoms with van der Waals surface area (Å²) in [5.74, 6) is 1.12. The van der Waals surface area contributed by atoms with E-state index in [0.717, 1.165) is 28.6 Å². The molecule has 0 aliphatic heterocycles. The third kappa shape index (κ3) is 3.29. The predicted molar refractivity (Wildman–Crippen MR) is 103 cm³/mol. The highest BCUT2D eigenvalue weighted by molar-refractivity contribution is 6.30. The van der Waals surface area contributed by atoms with Crippen LogP contribution >= 0.6 is 11.6 Å². The molecule has 0 radical (unpaired) electrons. The van der Waals surface area contributed by atoms with Gasteiger partial charge < -0.3 is 4.90 Å². The van der Waals surface area contributed by atoms with Gasteiger partial charge in [-0.05, 0) is 43.0 Å². The second-order valence-electron chi connectivity index (χ2n) is 6.94. The summed E-state index contributed by atoms with van der Waals surface area (Å²) in [6.45, 7) is 2.40. The van der Waals surface area contributed by atoms with Gasteiger partial charge in [0.05, 0.1) is 12.1 Å². The molecule has 0 spiro atoms. The summed E-state index contributed by atoms with van der Waals surface area (Å²) in [4.78, 5) is 23.7. The van der Waals surface area contributed by atoms with Gasteiger partial charge in [0.15, 0.2) is 0 Å². The van der Waals surface area contributed by atoms with Gasteiger partial charge in [0.25, 0.3) is 0 Å². The number of hydrogen-bond donors (Lipinski definition) is 0. The van der Waals surface area contributed by atoms with Gasteiger partial charge in [-0.3, -0.25) is 4.79 Å². The van der Waals surface area contributed by atoms with Crippen molar-refractivity contribution in [3.8, 4) is 0 Å². The lowest BCUT2D eigenvalue weighted by Crippen LogP contribution is -2.29. The smallest absolute Gasteiger partial charge is 0.226 e. The first-order valence-electron chi connectivity index (χ1n) is 8.75. The van der Waals surface area contributed by atoms with Crippen LogP contribution in [0.4, 0.5) is 0 Å². The first-order chi connectivity index (χ1) is 12.5. The van der Waals surface area contributed by atoms with Crippen LogP contribution in [-0.2, 0) is 11.3 Å². The number of aromatic nitrogens is 2. The monoisotopic (exact) mass is 365 g/mol. The number of benzene rings is 2. The van der Waals surface area contributed by atoms with E-state index in [2.05, 4.69) is 9.97 Å². The first kappa shape index (κ1) is 17.0. The van der Waals surface area contributed by atoms with Crippen LogP contribution in [0, 0.1) is 12.8 Å². The van der Waals surface area contributed by atoms with Gasteiger partial charge in [-0.15, -0.1) is 0 Å². The van der Waals surface area contributed by atoms with Crippen molar-refractivity contribution in [1.29, 1.82) is 0 Å². The maximum absolute atomic E-state index is 12.8. The Hall–Kier alpha value is -2.46. The third-order valence-corrected chi connectivity index (χ3v) is 5.21. The van der Waals surface area contributed by atoms with Crippen LogP contribution in [0.25, 0.3) is 10.9 Å². The molecule has 4 nitrogen and oxygen atoms in total. The van der Waals surface area contributed by atoms with Crippen molar-refractivity contribution in [2.45, 2.75) is 25.8 Å². The Morgan fingerprint density at radius 1 is 1.19 bits per heavy atom. The van der Waals surface area contributed by atoms with Crippen LogP contribution in [0.1, 0.15) is 29.4 Å². The van der Waals surface area contributed by atoms with E-state index < -0.39 is 0 Å². The van der Waals surface area contributed by atoms with Gasteiger partial charge in [-0.25, -0.2) is 9.97 Å². The van der Waals surface area contributed by atoms with Crippen molar-refractivity contribution in [3.63, 3.8) is 0 Å². The average Bonchev–Trinajstić information content (AvgIpc) is 3.42. The summed E-state index contributed by atoms with van der Waals surface area (Å²) >= 11 is 6.06. The minimum absolute atomic E-state index is 0.0278. The topological polar surface area (TPSA) is 46.1 Å². The van der Waals surface area contributed by atoms with E-state index in [1.165, 1.54) is 0 Å². The molecule has 26 heavy (non-hydrogen) atoms. The Bertz CT molecular complexity index is 988. The molecule has 2 aromatic carbocycles. The summed E-state index contributed by atoms with van der Waals surface area (Å²) in [6.07, 6.45) is 0.876. The highest BCUT2D eigenvalue weighted by Gasteiger charge is 2.45. The number of rotatable bonds is 4. The van der Waals surface area contributed by atoms with E-state index in [0.29, 0.717) is 17.4 Å². The van der Waals surface area contributed by atoms with Gasteiger partial charge >= 0.3 is 0 Å². The number of hydrogen-bond acceptors (Lipinski definition) is 3. The molecule has 2 unspecified atom stereocenters. The normalized spacial score (nSPS) is 18.7. The van der Waals surface area contributed by atoms with Crippen LogP contribution in [0.3, 0.4) is 0 Å². The van der Waals surface area contributed by atoms with Crippen molar-refractivity contribution in [3.05, 3.63) is 70.6 Å². The molecule has 1 heterocycles. The molecule has 3 aromatic rings. The SMILES string of the molecule is Cc1nc(CN(C)C(=O)C2CC2c2cccc(Cl)c2)nc2ccccc12. The van der Waals surface area contributed by atoms with E-state index in [9.17, 15) is 4.79 Å². The summed E-state index contributed by atoms with van der Waals surface area (Å²) in [5.41, 5.74) is 3.00. The fraction of sp³-hybridized carbons (Fsp3) is 0.286. The molecule has 2 atom stereocenters. The fourth-order valence-electron chi connectivity index (χ4n) is 3.51. The van der Waals surface area contributed by atoms with E-state index >= 15 is 0 Å². The van der Waals surface area contributed by atoms with Crippen LogP contribution in [-0.4, -0.2) is 27.8 Å². The van der Waals surface area contributed by atoms with E-state index in [1.807, 2.05) is 62.5 Å². The summed E-state index contributed by atoms with van der Waals surface area (Å²) in [6, 6.07) is 15.7. The predicted octanol–water partition coefficient (Wildman–Crippen LogP) is 4.35. The van der Waals surface area contributed by atoms with E-state index in [-0.39, 0.29) is 17.7 Å². The Balaban J connectivity index is 1.47. The maximum Gasteiger partial charge on any atom is 0.226 e. The Labute approximate surface area is 157 Å². The van der Waals surface area contributed by atoms with Crippen molar-refractivity contribution in [1.82, 2.24) is 14.9 Å². The zero-order valence-electron chi connectivity index (χ0n) is 14.8. The molecule has 0 bridgehead atoms. The average molecular weight is 366 g/mol. The van der Waals surface area contributed by atoms with E-state index in [4.69, 9.17) is 11.6 Å². The van der Waals surface area contributed by atoms with Crippen molar-refractivity contribution >= 4 is 28.4 Å². The van der Waals surface area contributed by atoms with Crippen molar-refractivity contribution in [2.75, 3.05) is 7.05 Å². The summed E-state index contributed by atoms with van der Waals surface area (Å²) in [5, 5.41) is 1.77. The fourth-order valence-corrected chi connectivity index (χ4v) is 3.71. The molecule has 1 saturated carbocycles. The molecule has 132 valence electrons. The first-order valence-corrected chi connectivity index (χ1v) is 9.13. The van der Waals surface area contributed by atoms with Crippen LogP contribution in [0.5, 0.6) is 0 Å². The Morgan fingerprint density at radius 2 is 2.00 bits per heavy atom. The number of carbonyl (C=O) groups excluding carboxylic acids is 1. The number of fused-ring (bicyclic) bond motifs is 1. The molecule has 1 aliphatic rings. The molecule has 0 N–H and O–H groups in total. The quantitative estimate of drug-likeness (QED) is 0.690. The molecular formula is C21H20ClN3O. The zero-order valence-corrected chi connectivity index (χ0v) is 15.6. The minimum Gasteiger partial charge on any atom is -0.338 e. The number of aryl methyl sites for hydroxylation is 1. The third-order valence-electron chi connectivity index (χ3n) is 4.98. The lowest BCUT2D eigenvalue weighted by molar-refractivity contribution is -0.132. The molecule has 1 aromatic heterocycles. The Morgan fingerprint density at radius 3 is 2.81 bits per heavy atom. The van der Waals surface area contributed by atoms with Gasteiger partial charge in [-0.2, -0.15) is 0 Å². The van der Waals surface area contributed by atoms with Gasteiger partial charge in [0.1, 0.15) is 5.82 Å². The number of amides is 1. The zero-order chi connectivity index (χ0) is 18.3. The number of carbonyl (C=O) groups is 1. The Kier molecular flexibility index (Phi) is 4.37. The molecule has 1 aliphatic carbocycles. The maximum atomic E-state index is 12.8. The summed E-state index contributed by atoms with van der Waals surface area (Å²) in [7, 11) is 1.82. The minimum atomic E-state index is 0.0278. The highest BCUT2D eigenvalue weighted by atomic mass is 35.5. The highest BCUT2D eigenvalue weighted by Crippen LogP contribution is 2.48.